The van der Waals surface area contributed by atoms with E-state index in [2.05, 4.69) is 106 Å². The van der Waals surface area contributed by atoms with Crippen molar-refractivity contribution in [3.8, 4) is 0 Å². The molecule has 2 aromatic heterocycles. The summed E-state index contributed by atoms with van der Waals surface area (Å²) in [7, 11) is 0. The lowest BCUT2D eigenvalue weighted by Crippen LogP contribution is -2.60. The molecule has 4 aromatic rings. The van der Waals surface area contributed by atoms with Crippen molar-refractivity contribution in [1.82, 2.24) is 30.4 Å². The zero-order valence-corrected chi connectivity index (χ0v) is 27.3. The Morgan fingerprint density at radius 1 is 0.717 bits per heavy atom. The number of fused-ring (bicyclic) bond motifs is 8. The smallest absolute Gasteiger partial charge is 0.167 e. The van der Waals surface area contributed by atoms with E-state index < -0.39 is 0 Å². The number of thiocarbonyl (C=S) groups is 1. The molecule has 6 aliphatic heterocycles. The first-order valence-corrected chi connectivity index (χ1v) is 17.5. The third-order valence-electron chi connectivity index (χ3n) is 11.7. The fourth-order valence-corrected chi connectivity index (χ4v) is 9.57. The number of piperidine rings is 6. The molecule has 2 N–H and O–H groups in total. The van der Waals surface area contributed by atoms with Crippen molar-refractivity contribution >= 4 is 39.1 Å². The molecule has 6 nitrogen and oxygen atoms in total. The third-order valence-corrected chi connectivity index (χ3v) is 11.9. The van der Waals surface area contributed by atoms with Gasteiger partial charge >= 0.3 is 0 Å². The predicted molar refractivity (Wildman–Crippen MR) is 191 cm³/mol. The Labute approximate surface area is 278 Å². The average Bonchev–Trinajstić information content (AvgIpc) is 3.12. The number of hydrogen-bond acceptors (Lipinski definition) is 5. The molecular weight excluding hydrogens is 585 g/mol. The van der Waals surface area contributed by atoms with Crippen LogP contribution in [-0.4, -0.2) is 63.1 Å². The lowest BCUT2D eigenvalue weighted by atomic mass is 9.73. The molecule has 6 saturated heterocycles. The van der Waals surface area contributed by atoms with Crippen LogP contribution in [0.25, 0.3) is 21.8 Å². The summed E-state index contributed by atoms with van der Waals surface area (Å²) >= 11 is 6.33. The number of benzene rings is 2. The molecule has 10 rings (SSSR count). The summed E-state index contributed by atoms with van der Waals surface area (Å²) in [5.74, 6) is 2.44. The zero-order chi connectivity index (χ0) is 31.2. The molecule has 0 spiro atoms. The second-order valence-corrected chi connectivity index (χ2v) is 14.3. The van der Waals surface area contributed by atoms with Crippen molar-refractivity contribution < 1.29 is 0 Å². The number of para-hydroxylation sites is 2. The minimum Gasteiger partial charge on any atom is -0.354 e. The van der Waals surface area contributed by atoms with Gasteiger partial charge in [0.15, 0.2) is 5.11 Å². The first kappa shape index (κ1) is 29.7. The Morgan fingerprint density at radius 2 is 1.17 bits per heavy atom. The number of pyridine rings is 2. The van der Waals surface area contributed by atoms with E-state index in [1.807, 2.05) is 12.4 Å². The molecule has 8 heterocycles. The average molecular weight is 629 g/mol. The van der Waals surface area contributed by atoms with E-state index in [0.717, 1.165) is 50.1 Å². The first-order chi connectivity index (χ1) is 22.6. The van der Waals surface area contributed by atoms with Crippen LogP contribution in [0.3, 0.4) is 0 Å². The van der Waals surface area contributed by atoms with Gasteiger partial charge in [-0.05, 0) is 110 Å². The van der Waals surface area contributed by atoms with Gasteiger partial charge in [-0.3, -0.25) is 19.8 Å². The van der Waals surface area contributed by atoms with Crippen LogP contribution in [0.15, 0.2) is 98.4 Å². The highest BCUT2D eigenvalue weighted by Gasteiger charge is 2.45. The van der Waals surface area contributed by atoms with E-state index in [0.29, 0.717) is 40.9 Å². The van der Waals surface area contributed by atoms with Crippen LogP contribution < -0.4 is 10.6 Å². The third kappa shape index (κ3) is 5.32. The fraction of sp³-hybridized carbons (Fsp3) is 0.410. The molecular formula is C39H44N6S. The van der Waals surface area contributed by atoms with E-state index in [1.54, 1.807) is 0 Å². The summed E-state index contributed by atoms with van der Waals surface area (Å²) < 4.78 is 0. The Morgan fingerprint density at radius 3 is 1.59 bits per heavy atom. The Bertz CT molecular complexity index is 1630. The fourth-order valence-electron chi connectivity index (χ4n) is 9.31. The summed E-state index contributed by atoms with van der Waals surface area (Å²) in [6.45, 7) is 12.7. The van der Waals surface area contributed by atoms with Gasteiger partial charge < -0.3 is 10.6 Å². The Hall–Kier alpha value is -3.65. The van der Waals surface area contributed by atoms with E-state index in [9.17, 15) is 0 Å². The highest BCUT2D eigenvalue weighted by atomic mass is 32.1. The monoisotopic (exact) mass is 628 g/mol. The minimum atomic E-state index is 0.0320. The molecule has 0 amide bonds. The van der Waals surface area contributed by atoms with Crippen molar-refractivity contribution in [2.45, 2.75) is 49.9 Å². The van der Waals surface area contributed by atoms with Crippen molar-refractivity contribution in [3.05, 3.63) is 109 Å². The van der Waals surface area contributed by atoms with Gasteiger partial charge in [0.25, 0.3) is 0 Å². The largest absolute Gasteiger partial charge is 0.354 e. The summed E-state index contributed by atoms with van der Waals surface area (Å²) in [6.07, 6.45) is 13.0. The Kier molecular flexibility index (Phi) is 8.09. The highest BCUT2D eigenvalue weighted by molar-refractivity contribution is 7.80. The van der Waals surface area contributed by atoms with Crippen LogP contribution in [-0.2, 0) is 0 Å². The molecule has 7 heteroatoms. The molecule has 0 aliphatic carbocycles. The second-order valence-electron chi connectivity index (χ2n) is 13.9. The number of aromatic nitrogens is 2. The maximum absolute atomic E-state index is 6.33. The molecule has 6 aliphatic rings. The lowest BCUT2D eigenvalue weighted by Gasteiger charge is -2.52. The van der Waals surface area contributed by atoms with Gasteiger partial charge in [0, 0.05) is 48.3 Å². The number of hydrogen-bond donors (Lipinski definition) is 2. The van der Waals surface area contributed by atoms with Crippen molar-refractivity contribution in [2.75, 3.05) is 26.2 Å². The molecule has 46 heavy (non-hydrogen) atoms. The van der Waals surface area contributed by atoms with Crippen molar-refractivity contribution in [3.63, 3.8) is 0 Å². The van der Waals surface area contributed by atoms with E-state index in [4.69, 9.17) is 22.2 Å². The van der Waals surface area contributed by atoms with Crippen LogP contribution in [0.5, 0.6) is 0 Å². The van der Waals surface area contributed by atoms with Gasteiger partial charge in [-0.25, -0.2) is 0 Å². The van der Waals surface area contributed by atoms with Gasteiger partial charge in [0.05, 0.1) is 23.1 Å². The minimum absolute atomic E-state index is 0.0320. The van der Waals surface area contributed by atoms with Crippen molar-refractivity contribution in [1.29, 1.82) is 0 Å². The number of nitrogens with one attached hydrogen (secondary N) is 2. The Balaban J connectivity index is 1.15. The maximum atomic E-state index is 6.33. The van der Waals surface area contributed by atoms with E-state index >= 15 is 0 Å². The topological polar surface area (TPSA) is 56.3 Å². The van der Waals surface area contributed by atoms with Gasteiger partial charge in [0.2, 0.25) is 0 Å². The SMILES string of the molecule is C=CC1CN2CCC1CC2[C@@H](NC(=S)N[C@@H](c1ccnc2ccccc12)C1CC2CCN1CC2C=C)c1ccnc2ccccc12. The van der Waals surface area contributed by atoms with Gasteiger partial charge in [-0.2, -0.15) is 0 Å². The summed E-state index contributed by atoms with van der Waals surface area (Å²) in [6, 6.07) is 22.2. The lowest BCUT2D eigenvalue weighted by molar-refractivity contribution is 0.00189. The van der Waals surface area contributed by atoms with E-state index in [-0.39, 0.29) is 12.1 Å². The second kappa shape index (κ2) is 12.5. The van der Waals surface area contributed by atoms with Crippen LogP contribution in [0.2, 0.25) is 0 Å². The first-order valence-electron chi connectivity index (χ1n) is 17.1. The molecule has 0 saturated carbocycles. The predicted octanol–water partition coefficient (Wildman–Crippen LogP) is 6.82. The summed E-state index contributed by atoms with van der Waals surface area (Å²) in [4.78, 5) is 14.8. The zero-order valence-electron chi connectivity index (χ0n) is 26.5. The molecule has 2 aromatic carbocycles. The molecule has 236 valence electrons. The van der Waals surface area contributed by atoms with Gasteiger partial charge in [-0.1, -0.05) is 48.6 Å². The highest BCUT2D eigenvalue weighted by Crippen LogP contribution is 2.44. The maximum Gasteiger partial charge on any atom is 0.167 e. The van der Waals surface area contributed by atoms with Crippen molar-refractivity contribution in [2.24, 2.45) is 23.7 Å². The van der Waals surface area contributed by atoms with Crippen LogP contribution in [0.4, 0.5) is 0 Å². The number of rotatable bonds is 8. The summed E-state index contributed by atoms with van der Waals surface area (Å²) in [5.41, 5.74) is 4.58. The standard InChI is InChI=1S/C39H44N6S/c1-3-25-23-44-19-15-27(25)21-35(44)37(31-13-17-40-33-11-7-5-9-29(31)33)42-39(46)43-38(32-14-18-41-34-12-8-6-10-30(32)34)36-22-28-16-20-45(36)24-26(28)4-2/h3-14,17-18,25-28,35-38H,1-2,15-16,19-24H2,(H2,42,43,46)/t25?,26?,27?,28?,35?,36?,37-,38-/m0/s1. The van der Waals surface area contributed by atoms with Crippen LogP contribution >= 0.6 is 12.2 Å². The van der Waals surface area contributed by atoms with Gasteiger partial charge in [0.1, 0.15) is 0 Å². The van der Waals surface area contributed by atoms with E-state index in [1.165, 1.54) is 34.7 Å². The number of nitrogens with zero attached hydrogens (tertiary/aromatic N) is 4. The van der Waals surface area contributed by atoms with Crippen LogP contribution in [0.1, 0.15) is 48.9 Å². The molecule has 4 bridgehead atoms. The normalized spacial score (nSPS) is 31.3. The molecule has 8 unspecified atom stereocenters. The molecule has 0 radical (unpaired) electrons. The van der Waals surface area contributed by atoms with Gasteiger partial charge in [-0.15, -0.1) is 13.2 Å². The molecule has 10 atom stereocenters. The quantitative estimate of drug-likeness (QED) is 0.164. The molecule has 6 fully saturated rings. The summed E-state index contributed by atoms with van der Waals surface area (Å²) in [5, 5.41) is 11.0. The van der Waals surface area contributed by atoms with Crippen LogP contribution in [0, 0.1) is 23.7 Å².